The zero-order valence-corrected chi connectivity index (χ0v) is 19.0. The molecule has 0 aliphatic rings. The molecule has 1 aromatic heterocycles. The lowest BCUT2D eigenvalue weighted by atomic mass is 10.1. The Morgan fingerprint density at radius 3 is 2.56 bits per heavy atom. The molecule has 0 saturated carbocycles. The second-order valence-electron chi connectivity index (χ2n) is 8.04. The van der Waals surface area contributed by atoms with Crippen molar-refractivity contribution in [3.05, 3.63) is 108 Å². The SMILES string of the molecule is CC(NC(=O)CCNC(=O)c1ccc2ccccc2c1)c1cccc(OCc2ccccn2)c1. The maximum atomic E-state index is 12.5. The molecule has 0 aliphatic carbocycles. The van der Waals surface area contributed by atoms with E-state index in [9.17, 15) is 9.59 Å². The van der Waals surface area contributed by atoms with Crippen molar-refractivity contribution >= 4 is 22.6 Å². The number of aromatic nitrogens is 1. The topological polar surface area (TPSA) is 80.3 Å². The summed E-state index contributed by atoms with van der Waals surface area (Å²) in [5, 5.41) is 7.89. The molecule has 6 nitrogen and oxygen atoms in total. The maximum Gasteiger partial charge on any atom is 0.251 e. The maximum absolute atomic E-state index is 12.5. The summed E-state index contributed by atoms with van der Waals surface area (Å²) >= 11 is 0. The Morgan fingerprint density at radius 1 is 0.912 bits per heavy atom. The van der Waals surface area contributed by atoms with Crippen molar-refractivity contribution in [2.24, 2.45) is 0 Å². The van der Waals surface area contributed by atoms with Crippen LogP contribution in [0.5, 0.6) is 5.75 Å². The van der Waals surface area contributed by atoms with E-state index in [1.807, 2.05) is 85.8 Å². The fraction of sp³-hybridized carbons (Fsp3) is 0.179. The van der Waals surface area contributed by atoms with E-state index in [1.165, 1.54) is 0 Å². The molecule has 2 amide bonds. The smallest absolute Gasteiger partial charge is 0.251 e. The average molecular weight is 454 g/mol. The number of hydrogen-bond acceptors (Lipinski definition) is 4. The molecular formula is C28H27N3O3. The van der Waals surface area contributed by atoms with Gasteiger partial charge in [-0.2, -0.15) is 0 Å². The minimum absolute atomic E-state index is 0.133. The Kier molecular flexibility index (Phi) is 7.50. The number of nitrogens with zero attached hydrogens (tertiary/aromatic N) is 1. The predicted molar refractivity (Wildman–Crippen MR) is 132 cm³/mol. The highest BCUT2D eigenvalue weighted by Crippen LogP contribution is 2.20. The van der Waals surface area contributed by atoms with Gasteiger partial charge in [-0.3, -0.25) is 14.6 Å². The molecule has 1 heterocycles. The molecule has 2 N–H and O–H groups in total. The first kappa shape index (κ1) is 23.0. The van der Waals surface area contributed by atoms with Gasteiger partial charge in [0.25, 0.3) is 5.91 Å². The number of carbonyl (C=O) groups excluding carboxylic acids is 2. The number of carbonyl (C=O) groups is 2. The zero-order chi connectivity index (χ0) is 23.8. The molecule has 0 radical (unpaired) electrons. The molecule has 34 heavy (non-hydrogen) atoms. The van der Waals surface area contributed by atoms with Crippen molar-refractivity contribution in [1.82, 2.24) is 15.6 Å². The standard InChI is InChI=1S/C28H27N3O3/c1-20(22-9-6-11-26(18-22)34-19-25-10-4-5-15-29-25)31-27(32)14-16-30-28(33)24-13-12-21-7-2-3-8-23(21)17-24/h2-13,15,17-18,20H,14,16,19H2,1H3,(H,30,33)(H,31,32). The van der Waals surface area contributed by atoms with E-state index in [0.29, 0.717) is 17.9 Å². The lowest BCUT2D eigenvalue weighted by molar-refractivity contribution is -0.121. The van der Waals surface area contributed by atoms with E-state index < -0.39 is 0 Å². The van der Waals surface area contributed by atoms with Crippen LogP contribution in [0.4, 0.5) is 0 Å². The molecular weight excluding hydrogens is 426 g/mol. The van der Waals surface area contributed by atoms with E-state index in [2.05, 4.69) is 15.6 Å². The molecule has 172 valence electrons. The third-order valence-electron chi connectivity index (χ3n) is 5.50. The molecule has 1 atom stereocenters. The van der Waals surface area contributed by atoms with Gasteiger partial charge in [0.15, 0.2) is 0 Å². The quantitative estimate of drug-likeness (QED) is 0.381. The summed E-state index contributed by atoms with van der Waals surface area (Å²) in [6.07, 6.45) is 1.93. The summed E-state index contributed by atoms with van der Waals surface area (Å²) in [4.78, 5) is 29.1. The minimum atomic E-state index is -0.193. The molecule has 0 bridgehead atoms. The second-order valence-corrected chi connectivity index (χ2v) is 8.04. The van der Waals surface area contributed by atoms with E-state index in [1.54, 1.807) is 12.3 Å². The third-order valence-corrected chi connectivity index (χ3v) is 5.50. The van der Waals surface area contributed by atoms with Crippen LogP contribution in [0.25, 0.3) is 10.8 Å². The van der Waals surface area contributed by atoms with Crippen LogP contribution in [0.1, 0.15) is 41.0 Å². The molecule has 0 aliphatic heterocycles. The number of hydrogen-bond donors (Lipinski definition) is 2. The van der Waals surface area contributed by atoms with Crippen LogP contribution in [-0.2, 0) is 11.4 Å². The summed E-state index contributed by atoms with van der Waals surface area (Å²) < 4.78 is 5.83. The molecule has 0 fully saturated rings. The number of amides is 2. The van der Waals surface area contributed by atoms with E-state index in [0.717, 1.165) is 22.0 Å². The highest BCUT2D eigenvalue weighted by atomic mass is 16.5. The number of nitrogens with one attached hydrogen (secondary N) is 2. The number of benzene rings is 3. The van der Waals surface area contributed by atoms with Gasteiger partial charge in [-0.1, -0.05) is 48.5 Å². The summed E-state index contributed by atoms with van der Waals surface area (Å²) in [6.45, 7) is 2.56. The van der Waals surface area contributed by atoms with E-state index >= 15 is 0 Å². The first-order chi connectivity index (χ1) is 16.6. The molecule has 1 unspecified atom stereocenters. The molecule has 0 saturated heterocycles. The highest BCUT2D eigenvalue weighted by molar-refractivity contribution is 5.98. The Labute approximate surface area is 199 Å². The summed E-state index contributed by atoms with van der Waals surface area (Å²) in [6, 6.07) is 26.6. The first-order valence-corrected chi connectivity index (χ1v) is 11.3. The average Bonchev–Trinajstić information content (AvgIpc) is 2.88. The van der Waals surface area contributed by atoms with E-state index in [-0.39, 0.29) is 30.8 Å². The van der Waals surface area contributed by atoms with Crippen molar-refractivity contribution in [2.45, 2.75) is 26.0 Å². The van der Waals surface area contributed by atoms with Gasteiger partial charge >= 0.3 is 0 Å². The van der Waals surface area contributed by atoms with Gasteiger partial charge in [-0.15, -0.1) is 0 Å². The molecule has 4 aromatic rings. The van der Waals surface area contributed by atoms with Crippen molar-refractivity contribution in [2.75, 3.05) is 6.54 Å². The van der Waals surface area contributed by atoms with Gasteiger partial charge in [0.2, 0.25) is 5.91 Å². The van der Waals surface area contributed by atoms with Crippen LogP contribution in [0.15, 0.2) is 91.1 Å². The Hall–Kier alpha value is -4.19. The van der Waals surface area contributed by atoms with Crippen LogP contribution < -0.4 is 15.4 Å². The molecule has 3 aromatic carbocycles. The van der Waals surface area contributed by atoms with Gasteiger partial charge in [0.1, 0.15) is 12.4 Å². The van der Waals surface area contributed by atoms with Crippen molar-refractivity contribution in [1.29, 1.82) is 0 Å². The van der Waals surface area contributed by atoms with E-state index in [4.69, 9.17) is 4.74 Å². The first-order valence-electron chi connectivity index (χ1n) is 11.3. The van der Waals surface area contributed by atoms with Gasteiger partial charge in [0.05, 0.1) is 11.7 Å². The Bertz CT molecular complexity index is 1270. The minimum Gasteiger partial charge on any atom is -0.487 e. The van der Waals surface area contributed by atoms with Gasteiger partial charge in [0, 0.05) is 24.7 Å². The normalized spacial score (nSPS) is 11.6. The summed E-state index contributed by atoms with van der Waals surface area (Å²) in [5.74, 6) is 0.391. The highest BCUT2D eigenvalue weighted by Gasteiger charge is 2.12. The Morgan fingerprint density at radius 2 is 1.74 bits per heavy atom. The largest absolute Gasteiger partial charge is 0.487 e. The lowest BCUT2D eigenvalue weighted by Crippen LogP contribution is -2.32. The molecule has 4 rings (SSSR count). The van der Waals surface area contributed by atoms with Crippen LogP contribution in [0.3, 0.4) is 0 Å². The van der Waals surface area contributed by atoms with Crippen LogP contribution >= 0.6 is 0 Å². The zero-order valence-electron chi connectivity index (χ0n) is 19.0. The molecule has 0 spiro atoms. The van der Waals surface area contributed by atoms with Gasteiger partial charge < -0.3 is 15.4 Å². The van der Waals surface area contributed by atoms with Gasteiger partial charge in [-0.25, -0.2) is 0 Å². The molecule has 6 heteroatoms. The predicted octanol–water partition coefficient (Wildman–Crippen LogP) is 4.81. The summed E-state index contributed by atoms with van der Waals surface area (Å²) in [7, 11) is 0. The fourth-order valence-electron chi connectivity index (χ4n) is 3.63. The van der Waals surface area contributed by atoms with Crippen molar-refractivity contribution in [3.63, 3.8) is 0 Å². The van der Waals surface area contributed by atoms with Crippen LogP contribution in [-0.4, -0.2) is 23.3 Å². The second kappa shape index (κ2) is 11.1. The van der Waals surface area contributed by atoms with Crippen molar-refractivity contribution < 1.29 is 14.3 Å². The fourth-order valence-corrected chi connectivity index (χ4v) is 3.63. The number of fused-ring (bicyclic) bond motifs is 1. The Balaban J connectivity index is 1.24. The number of rotatable bonds is 9. The van der Waals surface area contributed by atoms with Crippen LogP contribution in [0, 0.1) is 0 Å². The number of pyridine rings is 1. The van der Waals surface area contributed by atoms with Gasteiger partial charge in [-0.05, 0) is 59.7 Å². The lowest BCUT2D eigenvalue weighted by Gasteiger charge is -2.16. The number of ether oxygens (including phenoxy) is 1. The summed E-state index contributed by atoms with van der Waals surface area (Å²) in [5.41, 5.74) is 2.36. The van der Waals surface area contributed by atoms with Crippen molar-refractivity contribution in [3.8, 4) is 5.75 Å². The monoisotopic (exact) mass is 453 g/mol. The third kappa shape index (κ3) is 6.19. The van der Waals surface area contributed by atoms with Crippen LogP contribution in [0.2, 0.25) is 0 Å².